The number of ether oxygens (including phenoxy) is 1. The second-order valence-electron chi connectivity index (χ2n) is 5.73. The van der Waals surface area contributed by atoms with Gasteiger partial charge in [-0.05, 0) is 48.1 Å². The average molecular weight is 284 g/mol. The molecule has 0 bridgehead atoms. The van der Waals surface area contributed by atoms with Crippen LogP contribution in [-0.4, -0.2) is 11.0 Å². The number of nitrogens with two attached hydrogens (primary N) is 1. The first-order valence-electron chi connectivity index (χ1n) is 7.55. The summed E-state index contributed by atoms with van der Waals surface area (Å²) in [6.07, 6.45) is 5.38. The topological polar surface area (TPSA) is 48.1 Å². The molecule has 0 amide bonds. The molecule has 0 radical (unpaired) electrons. The molecule has 0 aliphatic heterocycles. The van der Waals surface area contributed by atoms with Crippen molar-refractivity contribution in [3.63, 3.8) is 0 Å². The zero-order valence-corrected chi connectivity index (χ0v) is 13.0. The lowest BCUT2D eigenvalue weighted by Crippen LogP contribution is -2.21. The van der Waals surface area contributed by atoms with Crippen molar-refractivity contribution in [3.8, 4) is 11.5 Å². The van der Waals surface area contributed by atoms with E-state index in [1.54, 1.807) is 6.20 Å². The summed E-state index contributed by atoms with van der Waals surface area (Å²) < 4.78 is 5.92. The van der Waals surface area contributed by atoms with E-state index in [4.69, 9.17) is 10.5 Å². The standard InChI is InChI=1S/C18H24N2O/c1-4-16(19)8-14-9-18(12-20-11-14)21-17-7-5-6-15(10-17)13(2)3/h5-7,9-13,16H,4,8,19H2,1-3H3. The van der Waals surface area contributed by atoms with Crippen molar-refractivity contribution in [1.82, 2.24) is 4.98 Å². The number of benzene rings is 1. The Labute approximate surface area is 127 Å². The molecule has 0 aliphatic rings. The first-order valence-corrected chi connectivity index (χ1v) is 7.55. The number of hydrogen-bond donors (Lipinski definition) is 1. The molecule has 1 unspecified atom stereocenters. The molecule has 0 fully saturated rings. The molecule has 21 heavy (non-hydrogen) atoms. The zero-order chi connectivity index (χ0) is 15.2. The van der Waals surface area contributed by atoms with Crippen LogP contribution in [0.3, 0.4) is 0 Å². The summed E-state index contributed by atoms with van der Waals surface area (Å²) in [6.45, 7) is 6.44. The molecule has 2 N–H and O–H groups in total. The molecule has 2 rings (SSSR count). The molecule has 1 atom stereocenters. The van der Waals surface area contributed by atoms with Crippen molar-refractivity contribution in [2.45, 2.75) is 45.6 Å². The lowest BCUT2D eigenvalue weighted by molar-refractivity contribution is 0.477. The van der Waals surface area contributed by atoms with Gasteiger partial charge in [-0.25, -0.2) is 0 Å². The van der Waals surface area contributed by atoms with Crippen LogP contribution in [0.2, 0.25) is 0 Å². The summed E-state index contributed by atoms with van der Waals surface area (Å²) in [5.41, 5.74) is 8.37. The second kappa shape index (κ2) is 7.23. The van der Waals surface area contributed by atoms with Gasteiger partial charge in [0, 0.05) is 12.2 Å². The molecular formula is C18H24N2O. The number of rotatable bonds is 6. The van der Waals surface area contributed by atoms with Gasteiger partial charge < -0.3 is 10.5 Å². The highest BCUT2D eigenvalue weighted by atomic mass is 16.5. The van der Waals surface area contributed by atoms with Gasteiger partial charge in [0.2, 0.25) is 0 Å². The molecule has 0 aliphatic carbocycles. The van der Waals surface area contributed by atoms with Crippen LogP contribution in [0.1, 0.15) is 44.2 Å². The molecule has 1 aromatic carbocycles. The Balaban J connectivity index is 2.12. The number of aromatic nitrogens is 1. The Morgan fingerprint density at radius 2 is 1.95 bits per heavy atom. The van der Waals surface area contributed by atoms with Gasteiger partial charge in [0.05, 0.1) is 6.20 Å². The van der Waals surface area contributed by atoms with Crippen LogP contribution in [0.4, 0.5) is 0 Å². The van der Waals surface area contributed by atoms with Crippen LogP contribution < -0.4 is 10.5 Å². The molecule has 3 heteroatoms. The van der Waals surface area contributed by atoms with E-state index in [2.05, 4.69) is 37.9 Å². The maximum atomic E-state index is 5.99. The number of nitrogens with zero attached hydrogens (tertiary/aromatic N) is 1. The van der Waals surface area contributed by atoms with Gasteiger partial charge in [0.15, 0.2) is 0 Å². The lowest BCUT2D eigenvalue weighted by Gasteiger charge is -2.11. The van der Waals surface area contributed by atoms with Gasteiger partial charge in [0.25, 0.3) is 0 Å². The lowest BCUT2D eigenvalue weighted by atomic mass is 10.0. The minimum atomic E-state index is 0.173. The summed E-state index contributed by atoms with van der Waals surface area (Å²) in [7, 11) is 0. The molecule has 3 nitrogen and oxygen atoms in total. The van der Waals surface area contributed by atoms with E-state index in [0.29, 0.717) is 5.92 Å². The van der Waals surface area contributed by atoms with Gasteiger partial charge >= 0.3 is 0 Å². The second-order valence-corrected chi connectivity index (χ2v) is 5.73. The molecule has 1 aromatic heterocycles. The molecule has 0 saturated carbocycles. The molecule has 2 aromatic rings. The Morgan fingerprint density at radius 3 is 2.67 bits per heavy atom. The van der Waals surface area contributed by atoms with Crippen molar-refractivity contribution >= 4 is 0 Å². The fourth-order valence-electron chi connectivity index (χ4n) is 2.15. The Morgan fingerprint density at radius 1 is 1.14 bits per heavy atom. The first kappa shape index (κ1) is 15.5. The fraction of sp³-hybridized carbons (Fsp3) is 0.389. The minimum Gasteiger partial charge on any atom is -0.456 e. The maximum Gasteiger partial charge on any atom is 0.145 e. The van der Waals surface area contributed by atoms with Crippen molar-refractivity contribution in [2.24, 2.45) is 5.73 Å². The Hall–Kier alpha value is -1.87. The summed E-state index contributed by atoms with van der Waals surface area (Å²) in [5.74, 6) is 2.09. The Bertz CT molecular complexity index is 581. The molecular weight excluding hydrogens is 260 g/mol. The zero-order valence-electron chi connectivity index (χ0n) is 13.0. The average Bonchev–Trinajstić information content (AvgIpc) is 2.47. The van der Waals surface area contributed by atoms with Crippen LogP contribution in [0.25, 0.3) is 0 Å². The van der Waals surface area contributed by atoms with Crippen molar-refractivity contribution < 1.29 is 4.74 Å². The van der Waals surface area contributed by atoms with Gasteiger partial charge in [-0.15, -0.1) is 0 Å². The number of hydrogen-bond acceptors (Lipinski definition) is 3. The third-order valence-corrected chi connectivity index (χ3v) is 3.55. The smallest absolute Gasteiger partial charge is 0.145 e. The van der Waals surface area contributed by atoms with E-state index in [-0.39, 0.29) is 6.04 Å². The van der Waals surface area contributed by atoms with E-state index in [0.717, 1.165) is 29.9 Å². The highest BCUT2D eigenvalue weighted by Crippen LogP contribution is 2.25. The SMILES string of the molecule is CCC(N)Cc1cncc(Oc2cccc(C(C)C)c2)c1. The van der Waals surface area contributed by atoms with Crippen LogP contribution in [0.15, 0.2) is 42.7 Å². The largest absolute Gasteiger partial charge is 0.456 e. The van der Waals surface area contributed by atoms with E-state index >= 15 is 0 Å². The Kier molecular flexibility index (Phi) is 5.34. The van der Waals surface area contributed by atoms with Crippen molar-refractivity contribution in [2.75, 3.05) is 0 Å². The van der Waals surface area contributed by atoms with Crippen LogP contribution in [-0.2, 0) is 6.42 Å². The van der Waals surface area contributed by atoms with Crippen LogP contribution >= 0.6 is 0 Å². The van der Waals surface area contributed by atoms with E-state index in [1.165, 1.54) is 5.56 Å². The molecule has 0 saturated heterocycles. The van der Waals surface area contributed by atoms with E-state index < -0.39 is 0 Å². The predicted octanol–water partition coefficient (Wildman–Crippen LogP) is 4.28. The highest BCUT2D eigenvalue weighted by Gasteiger charge is 2.06. The van der Waals surface area contributed by atoms with E-state index in [1.807, 2.05) is 24.4 Å². The van der Waals surface area contributed by atoms with Crippen LogP contribution in [0.5, 0.6) is 11.5 Å². The fourth-order valence-corrected chi connectivity index (χ4v) is 2.15. The highest BCUT2D eigenvalue weighted by molar-refractivity contribution is 5.35. The van der Waals surface area contributed by atoms with Gasteiger partial charge in [-0.1, -0.05) is 32.9 Å². The predicted molar refractivity (Wildman–Crippen MR) is 86.8 cm³/mol. The quantitative estimate of drug-likeness (QED) is 0.861. The monoisotopic (exact) mass is 284 g/mol. The molecule has 112 valence electrons. The molecule has 0 spiro atoms. The number of pyridine rings is 1. The normalized spacial score (nSPS) is 12.4. The van der Waals surface area contributed by atoms with E-state index in [9.17, 15) is 0 Å². The third-order valence-electron chi connectivity index (χ3n) is 3.55. The van der Waals surface area contributed by atoms with Crippen molar-refractivity contribution in [3.05, 3.63) is 53.9 Å². The summed E-state index contributed by atoms with van der Waals surface area (Å²) in [4.78, 5) is 4.25. The van der Waals surface area contributed by atoms with Gasteiger partial charge in [-0.3, -0.25) is 4.98 Å². The molecule has 1 heterocycles. The summed E-state index contributed by atoms with van der Waals surface area (Å²) in [6, 6.07) is 10.4. The first-order chi connectivity index (χ1) is 10.1. The van der Waals surface area contributed by atoms with Gasteiger partial charge in [-0.2, -0.15) is 0 Å². The van der Waals surface area contributed by atoms with Gasteiger partial charge in [0.1, 0.15) is 11.5 Å². The summed E-state index contributed by atoms with van der Waals surface area (Å²) >= 11 is 0. The summed E-state index contributed by atoms with van der Waals surface area (Å²) in [5, 5.41) is 0. The maximum absolute atomic E-state index is 5.99. The third kappa shape index (κ3) is 4.57. The minimum absolute atomic E-state index is 0.173. The van der Waals surface area contributed by atoms with Crippen molar-refractivity contribution in [1.29, 1.82) is 0 Å². The van der Waals surface area contributed by atoms with Crippen LogP contribution in [0, 0.1) is 0 Å².